The predicted octanol–water partition coefficient (Wildman–Crippen LogP) is 4.07. The highest BCUT2D eigenvalue weighted by Crippen LogP contribution is 2.28. The molecular weight excluding hydrogens is 406 g/mol. The minimum absolute atomic E-state index is 0.0412. The predicted molar refractivity (Wildman–Crippen MR) is 110 cm³/mol. The standard InChI is InChI=1S/C22H20F2N4O3/c1-13-9-14(2)25-21-20(13)22(26-27(21)3)31-12-19(29)28(11-16-5-4-8-30-16)18-7-6-15(23)10-17(18)24/h4-10H,11-12H2,1-3H3. The summed E-state index contributed by atoms with van der Waals surface area (Å²) in [6.45, 7) is 3.34. The van der Waals surface area contributed by atoms with Crippen LogP contribution in [0.15, 0.2) is 47.1 Å². The third-order valence-corrected chi connectivity index (χ3v) is 4.81. The van der Waals surface area contributed by atoms with E-state index in [0.717, 1.165) is 28.3 Å². The molecule has 4 rings (SSSR count). The monoisotopic (exact) mass is 426 g/mol. The summed E-state index contributed by atoms with van der Waals surface area (Å²) in [6.07, 6.45) is 1.45. The van der Waals surface area contributed by atoms with Gasteiger partial charge in [0, 0.05) is 18.8 Å². The van der Waals surface area contributed by atoms with Gasteiger partial charge < -0.3 is 9.15 Å². The van der Waals surface area contributed by atoms with E-state index in [1.165, 1.54) is 12.3 Å². The first-order chi connectivity index (χ1) is 14.8. The lowest BCUT2D eigenvalue weighted by molar-refractivity contribution is -0.120. The molecule has 160 valence electrons. The van der Waals surface area contributed by atoms with Crippen LogP contribution < -0.4 is 9.64 Å². The molecule has 0 unspecified atom stereocenters. The second-order valence-corrected chi connectivity index (χ2v) is 7.15. The molecule has 0 saturated carbocycles. The van der Waals surface area contributed by atoms with Crippen molar-refractivity contribution < 1.29 is 22.7 Å². The van der Waals surface area contributed by atoms with Gasteiger partial charge in [-0.2, -0.15) is 0 Å². The van der Waals surface area contributed by atoms with E-state index in [0.29, 0.717) is 16.8 Å². The molecule has 7 nitrogen and oxygen atoms in total. The Morgan fingerprint density at radius 1 is 1.23 bits per heavy atom. The van der Waals surface area contributed by atoms with E-state index < -0.39 is 24.1 Å². The van der Waals surface area contributed by atoms with E-state index in [4.69, 9.17) is 9.15 Å². The Labute approximate surface area is 176 Å². The summed E-state index contributed by atoms with van der Waals surface area (Å²) in [6, 6.07) is 8.24. The molecule has 0 saturated heterocycles. The number of aromatic nitrogens is 3. The van der Waals surface area contributed by atoms with Gasteiger partial charge in [0.15, 0.2) is 12.3 Å². The number of hydrogen-bond donors (Lipinski definition) is 0. The molecule has 0 spiro atoms. The number of carbonyl (C=O) groups excluding carboxylic acids is 1. The molecule has 0 N–H and O–H groups in total. The number of fused-ring (bicyclic) bond motifs is 1. The van der Waals surface area contributed by atoms with Crippen molar-refractivity contribution in [3.8, 4) is 5.88 Å². The van der Waals surface area contributed by atoms with Gasteiger partial charge >= 0.3 is 0 Å². The molecule has 0 aliphatic rings. The van der Waals surface area contributed by atoms with Crippen LogP contribution in [0.3, 0.4) is 0 Å². The molecule has 3 aromatic heterocycles. The minimum atomic E-state index is -0.862. The summed E-state index contributed by atoms with van der Waals surface area (Å²) in [5, 5.41) is 5.02. The summed E-state index contributed by atoms with van der Waals surface area (Å²) in [5.74, 6) is -1.44. The van der Waals surface area contributed by atoms with Crippen molar-refractivity contribution >= 4 is 22.6 Å². The number of hydrogen-bond acceptors (Lipinski definition) is 5. The lowest BCUT2D eigenvalue weighted by Gasteiger charge is -2.22. The zero-order chi connectivity index (χ0) is 22.1. The molecule has 0 aliphatic heterocycles. The maximum absolute atomic E-state index is 14.4. The Morgan fingerprint density at radius 2 is 2.03 bits per heavy atom. The third kappa shape index (κ3) is 4.11. The first kappa shape index (κ1) is 20.5. The fourth-order valence-electron chi connectivity index (χ4n) is 3.42. The number of anilines is 1. The highest BCUT2D eigenvalue weighted by molar-refractivity contribution is 5.95. The van der Waals surface area contributed by atoms with Crippen LogP contribution in [0.4, 0.5) is 14.5 Å². The molecule has 31 heavy (non-hydrogen) atoms. The van der Waals surface area contributed by atoms with Crippen molar-refractivity contribution in [2.75, 3.05) is 11.5 Å². The number of aryl methyl sites for hydroxylation is 3. The van der Waals surface area contributed by atoms with E-state index in [2.05, 4.69) is 10.1 Å². The molecular formula is C22H20F2N4O3. The van der Waals surface area contributed by atoms with Crippen LogP contribution in [0, 0.1) is 25.5 Å². The number of nitrogens with zero attached hydrogens (tertiary/aromatic N) is 4. The van der Waals surface area contributed by atoms with Gasteiger partial charge in [-0.25, -0.2) is 18.4 Å². The number of amides is 1. The average molecular weight is 426 g/mol. The summed E-state index contributed by atoms with van der Waals surface area (Å²) < 4.78 is 40.4. The van der Waals surface area contributed by atoms with Crippen LogP contribution in [0.5, 0.6) is 5.88 Å². The maximum atomic E-state index is 14.4. The van der Waals surface area contributed by atoms with E-state index in [1.807, 2.05) is 19.9 Å². The first-order valence-corrected chi connectivity index (χ1v) is 9.55. The van der Waals surface area contributed by atoms with Gasteiger partial charge in [0.2, 0.25) is 5.88 Å². The molecule has 0 atom stereocenters. The van der Waals surface area contributed by atoms with Gasteiger partial charge in [-0.05, 0) is 49.7 Å². The second kappa shape index (κ2) is 8.17. The van der Waals surface area contributed by atoms with Crippen molar-refractivity contribution in [2.45, 2.75) is 20.4 Å². The molecule has 0 aliphatic carbocycles. The molecule has 0 radical (unpaired) electrons. The third-order valence-electron chi connectivity index (χ3n) is 4.81. The van der Waals surface area contributed by atoms with Crippen LogP contribution in [-0.4, -0.2) is 27.3 Å². The van der Waals surface area contributed by atoms with E-state index >= 15 is 0 Å². The SMILES string of the molecule is Cc1cc(C)c2c(OCC(=O)N(Cc3ccco3)c3ccc(F)cc3F)nn(C)c2n1. The van der Waals surface area contributed by atoms with Crippen LogP contribution in [0.25, 0.3) is 11.0 Å². The van der Waals surface area contributed by atoms with Gasteiger partial charge in [0.05, 0.1) is 23.9 Å². The summed E-state index contributed by atoms with van der Waals surface area (Å²) in [5.41, 5.74) is 2.31. The number of rotatable bonds is 6. The lowest BCUT2D eigenvalue weighted by atomic mass is 10.2. The fraction of sp³-hybridized carbons (Fsp3) is 0.227. The molecule has 4 aromatic rings. The Balaban J connectivity index is 1.62. The normalized spacial score (nSPS) is 11.1. The van der Waals surface area contributed by atoms with Crippen LogP contribution >= 0.6 is 0 Å². The highest BCUT2D eigenvalue weighted by atomic mass is 19.1. The van der Waals surface area contributed by atoms with Gasteiger partial charge in [-0.3, -0.25) is 9.69 Å². The largest absolute Gasteiger partial charge is 0.467 e. The van der Waals surface area contributed by atoms with Gasteiger partial charge in [-0.1, -0.05) is 0 Å². The average Bonchev–Trinajstić information content (AvgIpc) is 3.33. The van der Waals surface area contributed by atoms with Crippen molar-refractivity contribution in [3.63, 3.8) is 0 Å². The number of halogens is 2. The maximum Gasteiger partial charge on any atom is 0.265 e. The Kier molecular flexibility index (Phi) is 5.41. The lowest BCUT2D eigenvalue weighted by Crippen LogP contribution is -2.35. The van der Waals surface area contributed by atoms with Crippen LogP contribution in [0.1, 0.15) is 17.0 Å². The topological polar surface area (TPSA) is 73.4 Å². The molecule has 0 fully saturated rings. The quantitative estimate of drug-likeness (QED) is 0.465. The minimum Gasteiger partial charge on any atom is -0.467 e. The van der Waals surface area contributed by atoms with Crippen molar-refractivity contribution in [2.24, 2.45) is 7.05 Å². The van der Waals surface area contributed by atoms with Crippen molar-refractivity contribution in [1.29, 1.82) is 0 Å². The summed E-state index contributed by atoms with van der Waals surface area (Å²) in [4.78, 5) is 18.6. The molecule has 0 bridgehead atoms. The Bertz CT molecular complexity index is 1250. The second-order valence-electron chi connectivity index (χ2n) is 7.15. The molecule has 3 heterocycles. The van der Waals surface area contributed by atoms with Crippen molar-refractivity contribution in [3.05, 3.63) is 71.3 Å². The van der Waals surface area contributed by atoms with Crippen molar-refractivity contribution in [1.82, 2.24) is 14.8 Å². The van der Waals surface area contributed by atoms with E-state index in [-0.39, 0.29) is 18.1 Å². The van der Waals surface area contributed by atoms with Crippen LogP contribution in [0.2, 0.25) is 0 Å². The zero-order valence-corrected chi connectivity index (χ0v) is 17.2. The first-order valence-electron chi connectivity index (χ1n) is 9.55. The smallest absolute Gasteiger partial charge is 0.265 e. The Hall–Kier alpha value is -3.75. The fourth-order valence-corrected chi connectivity index (χ4v) is 3.42. The van der Waals surface area contributed by atoms with Gasteiger partial charge in [0.1, 0.15) is 17.4 Å². The number of benzene rings is 1. The van der Waals surface area contributed by atoms with E-state index in [1.54, 1.807) is 23.9 Å². The summed E-state index contributed by atoms with van der Waals surface area (Å²) in [7, 11) is 1.74. The Morgan fingerprint density at radius 3 is 2.74 bits per heavy atom. The van der Waals surface area contributed by atoms with Crippen LogP contribution in [-0.2, 0) is 18.4 Å². The molecule has 1 aromatic carbocycles. The molecule has 1 amide bonds. The molecule has 9 heteroatoms. The zero-order valence-electron chi connectivity index (χ0n) is 17.2. The number of pyridine rings is 1. The number of carbonyl (C=O) groups is 1. The van der Waals surface area contributed by atoms with Gasteiger partial charge in [-0.15, -0.1) is 5.10 Å². The highest BCUT2D eigenvalue weighted by Gasteiger charge is 2.23. The summed E-state index contributed by atoms with van der Waals surface area (Å²) >= 11 is 0. The van der Waals surface area contributed by atoms with Gasteiger partial charge in [0.25, 0.3) is 5.91 Å². The number of ether oxygens (including phenoxy) is 1. The van der Waals surface area contributed by atoms with E-state index in [9.17, 15) is 13.6 Å². The number of furan rings is 1.